The van der Waals surface area contributed by atoms with Crippen LogP contribution in [0.5, 0.6) is 0 Å². The Morgan fingerprint density at radius 2 is 1.96 bits per heavy atom. The number of esters is 1. The van der Waals surface area contributed by atoms with Gasteiger partial charge < -0.3 is 15.4 Å². The first-order valence-electron chi connectivity index (χ1n) is 8.90. The van der Waals surface area contributed by atoms with Gasteiger partial charge in [0.15, 0.2) is 0 Å². The van der Waals surface area contributed by atoms with E-state index in [-0.39, 0.29) is 24.0 Å². The maximum Gasteiger partial charge on any atom is 0.337 e. The smallest absolute Gasteiger partial charge is 0.337 e. The van der Waals surface area contributed by atoms with Crippen molar-refractivity contribution in [1.82, 2.24) is 15.5 Å². The Bertz CT molecular complexity index is 586. The number of rotatable bonds is 7. The summed E-state index contributed by atoms with van der Waals surface area (Å²) < 4.78 is 4.71. The second-order valence-electron chi connectivity index (χ2n) is 6.70. The fourth-order valence-corrected chi connectivity index (χ4v) is 3.27. The molecule has 1 aliphatic rings. The molecule has 1 aliphatic heterocycles. The van der Waals surface area contributed by atoms with Crippen LogP contribution in [-0.4, -0.2) is 55.1 Å². The molecule has 1 aromatic carbocycles. The second kappa shape index (κ2) is 8.97. The number of likely N-dealkylation sites (tertiary alicyclic amines) is 1. The van der Waals surface area contributed by atoms with E-state index in [2.05, 4.69) is 29.4 Å². The van der Waals surface area contributed by atoms with Gasteiger partial charge in [0.1, 0.15) is 0 Å². The van der Waals surface area contributed by atoms with Crippen molar-refractivity contribution >= 4 is 11.9 Å². The first-order chi connectivity index (χ1) is 12.0. The first kappa shape index (κ1) is 19.4. The summed E-state index contributed by atoms with van der Waals surface area (Å²) >= 11 is 0. The van der Waals surface area contributed by atoms with Crippen LogP contribution >= 0.6 is 0 Å². The molecule has 1 aromatic rings. The number of ether oxygens (including phenoxy) is 1. The minimum atomic E-state index is -0.326. The molecular weight excluding hydrogens is 318 g/mol. The van der Waals surface area contributed by atoms with Crippen molar-refractivity contribution in [2.24, 2.45) is 0 Å². The molecule has 0 saturated carbocycles. The lowest BCUT2D eigenvalue weighted by Gasteiger charge is -2.27. The monoisotopic (exact) mass is 347 g/mol. The van der Waals surface area contributed by atoms with Crippen LogP contribution in [0.4, 0.5) is 0 Å². The Morgan fingerprint density at radius 1 is 1.28 bits per heavy atom. The number of hydrogen-bond acceptors (Lipinski definition) is 5. The van der Waals surface area contributed by atoms with Gasteiger partial charge in [-0.3, -0.25) is 9.69 Å². The highest BCUT2D eigenvalue weighted by atomic mass is 16.5. The predicted octanol–water partition coefficient (Wildman–Crippen LogP) is 1.55. The third-order valence-electron chi connectivity index (χ3n) is 4.63. The molecule has 6 heteroatoms. The van der Waals surface area contributed by atoms with Gasteiger partial charge in [0.05, 0.1) is 18.7 Å². The van der Waals surface area contributed by atoms with Gasteiger partial charge in [-0.15, -0.1) is 0 Å². The van der Waals surface area contributed by atoms with E-state index in [1.54, 1.807) is 12.1 Å². The average Bonchev–Trinajstić information content (AvgIpc) is 3.05. The SMILES string of the molecule is CCNC(=O)[C@@H]1C[C@H](NCc2ccc(C(=O)OC)cc2)CN1C(C)C. The van der Waals surface area contributed by atoms with Crippen LogP contribution in [0.2, 0.25) is 0 Å². The van der Waals surface area contributed by atoms with E-state index in [0.29, 0.717) is 24.7 Å². The number of benzene rings is 1. The molecule has 25 heavy (non-hydrogen) atoms. The summed E-state index contributed by atoms with van der Waals surface area (Å²) in [6.45, 7) is 8.42. The van der Waals surface area contributed by atoms with Crippen molar-refractivity contribution < 1.29 is 14.3 Å². The molecule has 0 unspecified atom stereocenters. The Kier molecular flexibility index (Phi) is 6.96. The average molecular weight is 347 g/mol. The summed E-state index contributed by atoms with van der Waals surface area (Å²) in [4.78, 5) is 26.0. The van der Waals surface area contributed by atoms with Crippen molar-refractivity contribution in [2.45, 2.75) is 51.9 Å². The Hall–Kier alpha value is -1.92. The largest absolute Gasteiger partial charge is 0.465 e. The van der Waals surface area contributed by atoms with Crippen molar-refractivity contribution in [2.75, 3.05) is 20.2 Å². The Labute approximate surface area is 149 Å². The number of methoxy groups -OCH3 is 1. The summed E-state index contributed by atoms with van der Waals surface area (Å²) in [7, 11) is 1.38. The van der Waals surface area contributed by atoms with E-state index < -0.39 is 0 Å². The summed E-state index contributed by atoms with van der Waals surface area (Å²) in [6, 6.07) is 7.93. The standard InChI is InChI=1S/C19H29N3O3/c1-5-20-18(23)17-10-16(12-22(17)13(2)3)21-11-14-6-8-15(9-7-14)19(24)25-4/h6-9,13,16-17,21H,5,10-12H2,1-4H3,(H,20,23)/t16-,17-/m0/s1. The molecule has 138 valence electrons. The number of carbonyl (C=O) groups is 2. The third kappa shape index (κ3) is 5.03. The zero-order chi connectivity index (χ0) is 18.4. The second-order valence-corrected chi connectivity index (χ2v) is 6.70. The summed E-state index contributed by atoms with van der Waals surface area (Å²) in [5, 5.41) is 6.47. The minimum absolute atomic E-state index is 0.0702. The molecule has 0 spiro atoms. The number of likely N-dealkylation sites (N-methyl/N-ethyl adjacent to an activating group) is 1. The Balaban J connectivity index is 1.92. The number of hydrogen-bond donors (Lipinski definition) is 2. The molecule has 6 nitrogen and oxygen atoms in total. The topological polar surface area (TPSA) is 70.7 Å². The lowest BCUT2D eigenvalue weighted by molar-refractivity contribution is -0.125. The van der Waals surface area contributed by atoms with Crippen molar-refractivity contribution in [3.05, 3.63) is 35.4 Å². The van der Waals surface area contributed by atoms with Crippen LogP contribution in [0.25, 0.3) is 0 Å². The molecule has 2 rings (SSSR count). The molecule has 1 heterocycles. The van der Waals surface area contributed by atoms with Crippen LogP contribution < -0.4 is 10.6 Å². The fraction of sp³-hybridized carbons (Fsp3) is 0.579. The number of amides is 1. The molecule has 0 radical (unpaired) electrons. The molecule has 0 bridgehead atoms. The van der Waals surface area contributed by atoms with Gasteiger partial charge in [-0.05, 0) is 44.9 Å². The molecule has 2 atom stereocenters. The zero-order valence-corrected chi connectivity index (χ0v) is 15.5. The van der Waals surface area contributed by atoms with Gasteiger partial charge in [0, 0.05) is 31.7 Å². The molecule has 0 aromatic heterocycles. The van der Waals surface area contributed by atoms with Gasteiger partial charge in [-0.2, -0.15) is 0 Å². The van der Waals surface area contributed by atoms with Gasteiger partial charge >= 0.3 is 5.97 Å². The van der Waals surface area contributed by atoms with E-state index in [0.717, 1.165) is 18.5 Å². The van der Waals surface area contributed by atoms with Gasteiger partial charge in [0.2, 0.25) is 5.91 Å². The fourth-order valence-electron chi connectivity index (χ4n) is 3.27. The maximum absolute atomic E-state index is 12.3. The highest BCUT2D eigenvalue weighted by molar-refractivity contribution is 5.89. The van der Waals surface area contributed by atoms with Crippen LogP contribution in [0.15, 0.2) is 24.3 Å². The molecule has 2 N–H and O–H groups in total. The molecule has 0 aliphatic carbocycles. The van der Waals surface area contributed by atoms with Crippen LogP contribution in [0, 0.1) is 0 Å². The Morgan fingerprint density at radius 3 is 2.52 bits per heavy atom. The van der Waals surface area contributed by atoms with E-state index in [9.17, 15) is 9.59 Å². The van der Waals surface area contributed by atoms with E-state index in [1.807, 2.05) is 19.1 Å². The van der Waals surface area contributed by atoms with E-state index in [4.69, 9.17) is 4.74 Å². The molecule has 1 saturated heterocycles. The van der Waals surface area contributed by atoms with Crippen molar-refractivity contribution in [3.63, 3.8) is 0 Å². The van der Waals surface area contributed by atoms with Crippen LogP contribution in [0.1, 0.15) is 43.1 Å². The van der Waals surface area contributed by atoms with Crippen LogP contribution in [-0.2, 0) is 16.1 Å². The number of nitrogens with zero attached hydrogens (tertiary/aromatic N) is 1. The number of carbonyl (C=O) groups excluding carboxylic acids is 2. The summed E-state index contributed by atoms with van der Waals surface area (Å²) in [5.41, 5.74) is 1.65. The highest BCUT2D eigenvalue weighted by Gasteiger charge is 2.37. The zero-order valence-electron chi connectivity index (χ0n) is 15.5. The minimum Gasteiger partial charge on any atom is -0.465 e. The quantitative estimate of drug-likeness (QED) is 0.733. The lowest BCUT2D eigenvalue weighted by atomic mass is 10.1. The third-order valence-corrected chi connectivity index (χ3v) is 4.63. The number of nitrogens with one attached hydrogen (secondary N) is 2. The molecule has 1 amide bonds. The van der Waals surface area contributed by atoms with Crippen LogP contribution in [0.3, 0.4) is 0 Å². The molecular formula is C19H29N3O3. The first-order valence-corrected chi connectivity index (χ1v) is 8.90. The van der Waals surface area contributed by atoms with Crippen molar-refractivity contribution in [3.8, 4) is 0 Å². The van der Waals surface area contributed by atoms with Crippen molar-refractivity contribution in [1.29, 1.82) is 0 Å². The van der Waals surface area contributed by atoms with Gasteiger partial charge in [-0.1, -0.05) is 12.1 Å². The summed E-state index contributed by atoms with van der Waals surface area (Å²) in [5.74, 6) is -0.212. The maximum atomic E-state index is 12.3. The normalized spacial score (nSPS) is 20.7. The van der Waals surface area contributed by atoms with E-state index in [1.165, 1.54) is 7.11 Å². The highest BCUT2D eigenvalue weighted by Crippen LogP contribution is 2.21. The van der Waals surface area contributed by atoms with E-state index >= 15 is 0 Å². The lowest BCUT2D eigenvalue weighted by Crippen LogP contribution is -2.46. The van der Waals surface area contributed by atoms with Gasteiger partial charge in [0.25, 0.3) is 0 Å². The summed E-state index contributed by atoms with van der Waals surface area (Å²) in [6.07, 6.45) is 0.810. The van der Waals surface area contributed by atoms with Gasteiger partial charge in [-0.25, -0.2) is 4.79 Å². The molecule has 1 fully saturated rings. The predicted molar refractivity (Wildman–Crippen MR) is 97.3 cm³/mol.